The molecule has 6 heteroatoms. The number of anilines is 1. The van der Waals surface area contributed by atoms with Gasteiger partial charge in [0.2, 0.25) is 5.82 Å². The van der Waals surface area contributed by atoms with Crippen LogP contribution in [0.1, 0.15) is 38.5 Å². The predicted molar refractivity (Wildman–Crippen MR) is 69.5 cm³/mol. The lowest BCUT2D eigenvalue weighted by molar-refractivity contribution is -0.384. The number of aromatic nitrogens is 2. The maximum absolute atomic E-state index is 10.8. The Labute approximate surface area is 107 Å². The molecule has 0 saturated heterocycles. The summed E-state index contributed by atoms with van der Waals surface area (Å²) in [5.41, 5.74) is 0.0566. The molecule has 1 fully saturated rings. The topological polar surface area (TPSA) is 73.0 Å². The van der Waals surface area contributed by atoms with Crippen LogP contribution in [-0.2, 0) is 7.05 Å². The Bertz CT molecular complexity index is 410. The summed E-state index contributed by atoms with van der Waals surface area (Å²) in [7, 11) is 1.69. The largest absolute Gasteiger partial charge is 0.363 e. The van der Waals surface area contributed by atoms with Crippen molar-refractivity contribution in [1.82, 2.24) is 9.78 Å². The lowest BCUT2D eigenvalue weighted by Gasteiger charge is -2.21. The number of hydrogen-bond acceptors (Lipinski definition) is 4. The Balaban J connectivity index is 1.84. The summed E-state index contributed by atoms with van der Waals surface area (Å²) in [6, 6.07) is 0. The van der Waals surface area contributed by atoms with Gasteiger partial charge in [-0.1, -0.05) is 32.1 Å². The zero-order chi connectivity index (χ0) is 13.0. The average Bonchev–Trinajstić information content (AvgIpc) is 2.72. The van der Waals surface area contributed by atoms with Crippen LogP contribution in [0.4, 0.5) is 11.5 Å². The lowest BCUT2D eigenvalue weighted by atomic mass is 9.87. The van der Waals surface area contributed by atoms with Crippen LogP contribution < -0.4 is 5.32 Å². The minimum Gasteiger partial charge on any atom is -0.363 e. The summed E-state index contributed by atoms with van der Waals surface area (Å²) >= 11 is 0. The third-order valence-electron chi connectivity index (χ3n) is 3.58. The first-order valence-electron chi connectivity index (χ1n) is 6.58. The van der Waals surface area contributed by atoms with Crippen molar-refractivity contribution >= 4 is 11.5 Å². The minimum absolute atomic E-state index is 0.0566. The zero-order valence-electron chi connectivity index (χ0n) is 10.8. The molecule has 0 aromatic carbocycles. The van der Waals surface area contributed by atoms with Crippen molar-refractivity contribution in [3.8, 4) is 0 Å². The molecule has 1 aromatic rings. The first kappa shape index (κ1) is 12.9. The number of rotatable bonds is 5. The van der Waals surface area contributed by atoms with Crippen LogP contribution in [0.3, 0.4) is 0 Å². The quantitative estimate of drug-likeness (QED) is 0.646. The van der Waals surface area contributed by atoms with E-state index in [1.165, 1.54) is 43.0 Å². The first-order chi connectivity index (χ1) is 8.66. The Morgan fingerprint density at radius 3 is 2.89 bits per heavy atom. The van der Waals surface area contributed by atoms with Crippen LogP contribution in [-0.4, -0.2) is 21.2 Å². The molecule has 6 nitrogen and oxygen atoms in total. The van der Waals surface area contributed by atoms with Crippen LogP contribution in [0.25, 0.3) is 0 Å². The van der Waals surface area contributed by atoms with Crippen LogP contribution in [0.15, 0.2) is 6.20 Å². The van der Waals surface area contributed by atoms with Gasteiger partial charge in [-0.2, -0.15) is 0 Å². The molecular weight excluding hydrogens is 232 g/mol. The number of aryl methyl sites for hydroxylation is 1. The molecule has 0 unspecified atom stereocenters. The maximum atomic E-state index is 10.8. The fourth-order valence-corrected chi connectivity index (χ4v) is 2.61. The second-order valence-electron chi connectivity index (χ2n) is 5.01. The van der Waals surface area contributed by atoms with Gasteiger partial charge in [-0.25, -0.2) is 0 Å². The van der Waals surface area contributed by atoms with Crippen molar-refractivity contribution in [2.45, 2.75) is 38.5 Å². The van der Waals surface area contributed by atoms with E-state index in [0.717, 1.165) is 18.9 Å². The van der Waals surface area contributed by atoms with Crippen molar-refractivity contribution in [1.29, 1.82) is 0 Å². The van der Waals surface area contributed by atoms with Gasteiger partial charge in [0.25, 0.3) is 0 Å². The number of nitro groups is 1. The highest BCUT2D eigenvalue weighted by Crippen LogP contribution is 2.27. The highest BCUT2D eigenvalue weighted by Gasteiger charge is 2.19. The number of hydrogen-bond donors (Lipinski definition) is 1. The van der Waals surface area contributed by atoms with E-state index in [1.807, 2.05) is 0 Å². The van der Waals surface area contributed by atoms with Crippen molar-refractivity contribution < 1.29 is 4.92 Å². The van der Waals surface area contributed by atoms with E-state index in [4.69, 9.17) is 0 Å². The number of nitrogens with one attached hydrogen (secondary N) is 1. The summed E-state index contributed by atoms with van der Waals surface area (Å²) in [5.74, 6) is 1.16. The Morgan fingerprint density at radius 1 is 1.50 bits per heavy atom. The van der Waals surface area contributed by atoms with E-state index in [1.54, 1.807) is 7.05 Å². The molecule has 1 N–H and O–H groups in total. The summed E-state index contributed by atoms with van der Waals surface area (Å²) in [4.78, 5) is 10.4. The van der Waals surface area contributed by atoms with Crippen LogP contribution in [0.5, 0.6) is 0 Å². The average molecular weight is 252 g/mol. The Hall–Kier alpha value is -1.59. The first-order valence-corrected chi connectivity index (χ1v) is 6.58. The molecule has 2 rings (SSSR count). The maximum Gasteiger partial charge on any atom is 0.330 e. The van der Waals surface area contributed by atoms with Gasteiger partial charge in [0.05, 0.1) is 4.92 Å². The van der Waals surface area contributed by atoms with E-state index in [9.17, 15) is 10.1 Å². The van der Waals surface area contributed by atoms with Crippen LogP contribution in [0, 0.1) is 16.0 Å². The normalized spacial score (nSPS) is 16.7. The van der Waals surface area contributed by atoms with Crippen molar-refractivity contribution in [2.75, 3.05) is 11.9 Å². The fourth-order valence-electron chi connectivity index (χ4n) is 2.61. The van der Waals surface area contributed by atoms with E-state index in [2.05, 4.69) is 10.4 Å². The molecule has 0 aliphatic heterocycles. The van der Waals surface area contributed by atoms with Gasteiger partial charge in [0, 0.05) is 13.6 Å². The predicted octanol–water partition coefficient (Wildman–Crippen LogP) is 2.71. The van der Waals surface area contributed by atoms with Crippen LogP contribution >= 0.6 is 0 Å². The molecule has 0 atom stereocenters. The molecular formula is C12H20N4O2. The second kappa shape index (κ2) is 5.84. The molecule has 1 aromatic heterocycles. The molecule has 1 aliphatic carbocycles. The minimum atomic E-state index is -0.393. The number of nitrogens with zero attached hydrogens (tertiary/aromatic N) is 3. The van der Waals surface area contributed by atoms with Crippen molar-refractivity contribution in [3.63, 3.8) is 0 Å². The highest BCUT2D eigenvalue weighted by molar-refractivity contribution is 5.54. The van der Waals surface area contributed by atoms with E-state index in [-0.39, 0.29) is 5.69 Å². The summed E-state index contributed by atoms with van der Waals surface area (Å²) in [6.45, 7) is 0.766. The zero-order valence-corrected chi connectivity index (χ0v) is 10.8. The second-order valence-corrected chi connectivity index (χ2v) is 5.01. The van der Waals surface area contributed by atoms with E-state index in [0.29, 0.717) is 5.82 Å². The van der Waals surface area contributed by atoms with Crippen molar-refractivity contribution in [2.24, 2.45) is 13.0 Å². The standard InChI is InChI=1S/C12H20N4O2/c1-15-9-11(16(17)18)12(14-15)13-8-7-10-5-3-2-4-6-10/h9-10H,2-8H2,1H3,(H,13,14). The molecule has 0 amide bonds. The SMILES string of the molecule is Cn1cc([N+](=O)[O-])c(NCCC2CCCCC2)n1. The molecule has 1 heterocycles. The molecule has 100 valence electrons. The Morgan fingerprint density at radius 2 is 2.22 bits per heavy atom. The highest BCUT2D eigenvalue weighted by atomic mass is 16.6. The molecule has 1 aliphatic rings. The van der Waals surface area contributed by atoms with Gasteiger partial charge in [-0.15, -0.1) is 5.10 Å². The van der Waals surface area contributed by atoms with Gasteiger partial charge in [0.1, 0.15) is 6.20 Å². The van der Waals surface area contributed by atoms with Gasteiger partial charge in [-0.3, -0.25) is 14.8 Å². The third-order valence-corrected chi connectivity index (χ3v) is 3.58. The Kier molecular flexibility index (Phi) is 4.17. The molecule has 1 saturated carbocycles. The molecule has 0 spiro atoms. The monoisotopic (exact) mass is 252 g/mol. The smallest absolute Gasteiger partial charge is 0.330 e. The van der Waals surface area contributed by atoms with Gasteiger partial charge < -0.3 is 5.32 Å². The molecule has 0 radical (unpaired) electrons. The van der Waals surface area contributed by atoms with Gasteiger partial charge >= 0.3 is 5.69 Å². The fraction of sp³-hybridized carbons (Fsp3) is 0.750. The van der Waals surface area contributed by atoms with E-state index < -0.39 is 4.92 Å². The lowest BCUT2D eigenvalue weighted by Crippen LogP contribution is -2.13. The third kappa shape index (κ3) is 3.21. The van der Waals surface area contributed by atoms with Gasteiger partial charge in [-0.05, 0) is 12.3 Å². The summed E-state index contributed by atoms with van der Waals surface area (Å²) in [6.07, 6.45) is 9.12. The summed E-state index contributed by atoms with van der Waals surface area (Å²) < 4.78 is 1.47. The van der Waals surface area contributed by atoms with Crippen LogP contribution in [0.2, 0.25) is 0 Å². The molecule has 0 bridgehead atoms. The van der Waals surface area contributed by atoms with E-state index >= 15 is 0 Å². The summed E-state index contributed by atoms with van der Waals surface area (Å²) in [5, 5.41) is 18.0. The molecule has 18 heavy (non-hydrogen) atoms. The van der Waals surface area contributed by atoms with Crippen molar-refractivity contribution in [3.05, 3.63) is 16.3 Å². The van der Waals surface area contributed by atoms with Gasteiger partial charge in [0.15, 0.2) is 0 Å².